The number of anilines is 2. The summed E-state index contributed by atoms with van der Waals surface area (Å²) >= 11 is 0. The molecule has 1 unspecified atom stereocenters. The zero-order chi connectivity index (χ0) is 19.7. The van der Waals surface area contributed by atoms with Gasteiger partial charge in [-0.25, -0.2) is 0 Å². The molecule has 1 saturated heterocycles. The molecule has 146 valence electrons. The van der Waals surface area contributed by atoms with E-state index in [0.717, 1.165) is 6.42 Å². The molecule has 3 aromatic rings. The molecule has 1 aliphatic rings. The number of para-hydroxylation sites is 1. The molecule has 1 aliphatic heterocycles. The van der Waals surface area contributed by atoms with Crippen molar-refractivity contribution in [1.29, 1.82) is 0 Å². The number of nitrogens with one attached hydrogen (secondary N) is 1. The van der Waals surface area contributed by atoms with Crippen molar-refractivity contribution in [2.24, 2.45) is 5.92 Å². The standard InChI is InChI=1S/C18H17F3N6O/c19-18(20,21)17-24-23-14-8-9-15(25-27(14)17)26-10-4-5-12(11-26)16(28)22-13-6-2-1-3-7-13/h1-3,6-9,12H,4-5,10-11H2,(H,22,28). The highest BCUT2D eigenvalue weighted by atomic mass is 19.4. The lowest BCUT2D eigenvalue weighted by molar-refractivity contribution is -0.146. The Morgan fingerprint density at radius 1 is 1.11 bits per heavy atom. The van der Waals surface area contributed by atoms with Gasteiger partial charge in [-0.3, -0.25) is 4.79 Å². The van der Waals surface area contributed by atoms with Crippen LogP contribution in [0, 0.1) is 5.92 Å². The highest BCUT2D eigenvalue weighted by molar-refractivity contribution is 5.93. The first-order valence-electron chi connectivity index (χ1n) is 8.82. The third-order valence-electron chi connectivity index (χ3n) is 4.66. The van der Waals surface area contributed by atoms with Gasteiger partial charge in [-0.2, -0.15) is 17.7 Å². The maximum Gasteiger partial charge on any atom is 0.453 e. The van der Waals surface area contributed by atoms with Crippen molar-refractivity contribution in [3.05, 3.63) is 48.3 Å². The second-order valence-corrected chi connectivity index (χ2v) is 6.62. The number of fused-ring (bicyclic) bond motifs is 1. The maximum absolute atomic E-state index is 13.1. The Kier molecular flexibility index (Phi) is 4.62. The average molecular weight is 390 g/mol. The van der Waals surface area contributed by atoms with E-state index in [4.69, 9.17) is 0 Å². The zero-order valence-electron chi connectivity index (χ0n) is 14.7. The quantitative estimate of drug-likeness (QED) is 0.744. The first-order valence-corrected chi connectivity index (χ1v) is 8.82. The lowest BCUT2D eigenvalue weighted by atomic mass is 9.97. The molecule has 7 nitrogen and oxygen atoms in total. The van der Waals surface area contributed by atoms with Gasteiger partial charge in [0.2, 0.25) is 5.91 Å². The molecule has 10 heteroatoms. The first kappa shape index (κ1) is 18.2. The number of hydrogen-bond acceptors (Lipinski definition) is 5. The lowest BCUT2D eigenvalue weighted by Gasteiger charge is -2.32. The first-order chi connectivity index (χ1) is 13.4. The molecule has 4 rings (SSSR count). The van der Waals surface area contributed by atoms with Crippen LogP contribution < -0.4 is 10.2 Å². The van der Waals surface area contributed by atoms with Crippen LogP contribution in [0.5, 0.6) is 0 Å². The van der Waals surface area contributed by atoms with Gasteiger partial charge in [-0.05, 0) is 37.1 Å². The van der Waals surface area contributed by atoms with Crippen LogP contribution in [0.3, 0.4) is 0 Å². The van der Waals surface area contributed by atoms with Crippen molar-refractivity contribution in [3.8, 4) is 0 Å². The van der Waals surface area contributed by atoms with Crippen LogP contribution in [0.15, 0.2) is 42.5 Å². The number of carbonyl (C=O) groups excluding carboxylic acids is 1. The number of alkyl halides is 3. The van der Waals surface area contributed by atoms with Crippen molar-refractivity contribution in [2.75, 3.05) is 23.3 Å². The number of halogens is 3. The normalized spacial score (nSPS) is 17.7. The highest BCUT2D eigenvalue weighted by Crippen LogP contribution is 2.29. The number of amides is 1. The molecule has 1 fully saturated rings. The fourth-order valence-corrected chi connectivity index (χ4v) is 3.29. The fourth-order valence-electron chi connectivity index (χ4n) is 3.29. The van der Waals surface area contributed by atoms with Gasteiger partial charge in [0.15, 0.2) is 5.65 Å². The van der Waals surface area contributed by atoms with Gasteiger partial charge in [0.05, 0.1) is 5.92 Å². The summed E-state index contributed by atoms with van der Waals surface area (Å²) in [5, 5.41) is 13.6. The van der Waals surface area contributed by atoms with Crippen LogP contribution in [0.2, 0.25) is 0 Å². The number of benzene rings is 1. The number of carbonyl (C=O) groups is 1. The molecule has 1 aromatic carbocycles. The second kappa shape index (κ2) is 7.10. The Bertz CT molecular complexity index is 988. The number of rotatable bonds is 3. The van der Waals surface area contributed by atoms with Gasteiger partial charge >= 0.3 is 6.18 Å². The van der Waals surface area contributed by atoms with Crippen molar-refractivity contribution >= 4 is 23.1 Å². The van der Waals surface area contributed by atoms with E-state index in [0.29, 0.717) is 35.5 Å². The largest absolute Gasteiger partial charge is 0.453 e. The van der Waals surface area contributed by atoms with E-state index in [2.05, 4.69) is 20.6 Å². The third kappa shape index (κ3) is 3.62. The summed E-state index contributed by atoms with van der Waals surface area (Å²) in [4.78, 5) is 14.4. The summed E-state index contributed by atoms with van der Waals surface area (Å²) in [7, 11) is 0. The van der Waals surface area contributed by atoms with E-state index in [9.17, 15) is 18.0 Å². The van der Waals surface area contributed by atoms with Crippen molar-refractivity contribution < 1.29 is 18.0 Å². The summed E-state index contributed by atoms with van der Waals surface area (Å²) < 4.78 is 39.9. The van der Waals surface area contributed by atoms with Gasteiger partial charge in [-0.15, -0.1) is 15.3 Å². The minimum Gasteiger partial charge on any atom is -0.354 e. The molecule has 0 bridgehead atoms. The van der Waals surface area contributed by atoms with Gasteiger partial charge in [-0.1, -0.05) is 18.2 Å². The van der Waals surface area contributed by atoms with E-state index in [1.54, 1.807) is 18.2 Å². The summed E-state index contributed by atoms with van der Waals surface area (Å²) in [6, 6.07) is 12.2. The Morgan fingerprint density at radius 3 is 2.64 bits per heavy atom. The summed E-state index contributed by atoms with van der Waals surface area (Å²) in [6.07, 6.45) is -3.20. The van der Waals surface area contributed by atoms with Crippen LogP contribution in [-0.4, -0.2) is 38.8 Å². The van der Waals surface area contributed by atoms with E-state index in [-0.39, 0.29) is 17.5 Å². The molecule has 0 aliphatic carbocycles. The average Bonchev–Trinajstić information content (AvgIpc) is 3.12. The van der Waals surface area contributed by atoms with Gasteiger partial charge in [0, 0.05) is 18.8 Å². The van der Waals surface area contributed by atoms with Crippen molar-refractivity contribution in [2.45, 2.75) is 19.0 Å². The van der Waals surface area contributed by atoms with E-state index < -0.39 is 12.0 Å². The smallest absolute Gasteiger partial charge is 0.354 e. The molecule has 2 aromatic heterocycles. The molecule has 3 heterocycles. The zero-order valence-corrected chi connectivity index (χ0v) is 14.7. The van der Waals surface area contributed by atoms with Crippen LogP contribution in [0.1, 0.15) is 18.7 Å². The van der Waals surface area contributed by atoms with E-state index in [1.807, 2.05) is 23.1 Å². The molecule has 28 heavy (non-hydrogen) atoms. The van der Waals surface area contributed by atoms with Gasteiger partial charge < -0.3 is 10.2 Å². The van der Waals surface area contributed by atoms with E-state index in [1.165, 1.54) is 6.07 Å². The van der Waals surface area contributed by atoms with Gasteiger partial charge in [0.25, 0.3) is 5.82 Å². The minimum absolute atomic E-state index is 0.0199. The fraction of sp³-hybridized carbons (Fsp3) is 0.333. The molecule has 0 radical (unpaired) electrons. The monoisotopic (exact) mass is 390 g/mol. The van der Waals surface area contributed by atoms with Crippen LogP contribution >= 0.6 is 0 Å². The Morgan fingerprint density at radius 2 is 1.89 bits per heavy atom. The minimum atomic E-state index is -4.65. The summed E-state index contributed by atoms with van der Waals surface area (Å²) in [6.45, 7) is 0.984. The Hall–Kier alpha value is -3.17. The third-order valence-corrected chi connectivity index (χ3v) is 4.66. The SMILES string of the molecule is O=C(Nc1ccccc1)C1CCCN(c2ccc3nnc(C(F)(F)F)n3n2)C1. The molecule has 0 saturated carbocycles. The maximum atomic E-state index is 13.1. The number of nitrogens with zero attached hydrogens (tertiary/aromatic N) is 5. The number of hydrogen-bond donors (Lipinski definition) is 1. The molecule has 1 amide bonds. The lowest BCUT2D eigenvalue weighted by Crippen LogP contribution is -2.41. The van der Waals surface area contributed by atoms with Crippen LogP contribution in [0.25, 0.3) is 5.65 Å². The molecule has 1 N–H and O–H groups in total. The summed E-state index contributed by atoms with van der Waals surface area (Å²) in [5.41, 5.74) is 0.731. The molecular weight excluding hydrogens is 373 g/mol. The number of aromatic nitrogens is 4. The van der Waals surface area contributed by atoms with Crippen molar-refractivity contribution in [1.82, 2.24) is 19.8 Å². The predicted molar refractivity (Wildman–Crippen MR) is 95.8 cm³/mol. The predicted octanol–water partition coefficient (Wildman–Crippen LogP) is 3.00. The highest BCUT2D eigenvalue weighted by Gasteiger charge is 2.38. The summed E-state index contributed by atoms with van der Waals surface area (Å²) in [5.74, 6) is -1.21. The second-order valence-electron chi connectivity index (χ2n) is 6.62. The van der Waals surface area contributed by atoms with Crippen LogP contribution in [0.4, 0.5) is 24.7 Å². The Balaban J connectivity index is 1.53. The molecule has 0 spiro atoms. The van der Waals surface area contributed by atoms with E-state index >= 15 is 0 Å². The molecule has 1 atom stereocenters. The molecular formula is C18H17F3N6O. The number of piperidine rings is 1. The topological polar surface area (TPSA) is 75.4 Å². The van der Waals surface area contributed by atoms with Crippen LogP contribution in [-0.2, 0) is 11.0 Å². The van der Waals surface area contributed by atoms with Crippen molar-refractivity contribution in [3.63, 3.8) is 0 Å². The van der Waals surface area contributed by atoms with Gasteiger partial charge in [0.1, 0.15) is 5.82 Å². The Labute approximate surface area is 158 Å².